The molecule has 22 heteroatoms. The number of benzene rings is 4. The zero-order valence-corrected chi connectivity index (χ0v) is 38.5. The van der Waals surface area contributed by atoms with E-state index in [-0.39, 0.29) is 95.4 Å². The topological polar surface area (TPSA) is 159 Å². The molecule has 390 valence electrons. The summed E-state index contributed by atoms with van der Waals surface area (Å²) in [5.74, 6) is -2.66. The number of carbonyl (C=O) groups is 6. The Labute approximate surface area is 408 Å². The highest BCUT2D eigenvalue weighted by Crippen LogP contribution is 2.40. The lowest BCUT2D eigenvalue weighted by Gasteiger charge is -2.19. The number of anilines is 2. The Hall–Kier alpha value is -7.26. The van der Waals surface area contributed by atoms with Gasteiger partial charge in [0.2, 0.25) is 17.7 Å². The van der Waals surface area contributed by atoms with Crippen molar-refractivity contribution >= 4 is 58.8 Å². The molecule has 2 aliphatic rings. The van der Waals surface area contributed by atoms with Gasteiger partial charge >= 0.3 is 30.7 Å². The molecule has 4 aromatic carbocycles. The number of hydrogen-bond acceptors (Lipinski definition) is 6. The summed E-state index contributed by atoms with van der Waals surface area (Å²) in [5.41, 5.74) is -3.82. The number of amides is 3. The number of aliphatic carboxylic acids is 1. The van der Waals surface area contributed by atoms with Gasteiger partial charge in [-0.15, -0.1) is 0 Å². The van der Waals surface area contributed by atoms with Crippen molar-refractivity contribution in [2.75, 3.05) is 17.7 Å². The molecule has 0 fully saturated rings. The molecule has 0 unspecified atom stereocenters. The van der Waals surface area contributed by atoms with Crippen molar-refractivity contribution < 1.29 is 86.6 Å². The normalized spacial score (nSPS) is 15.0. The number of fused-ring (bicyclic) bond motifs is 2. The summed E-state index contributed by atoms with van der Waals surface area (Å²) in [6, 6.07) is 11.5. The fraction of sp³-hybridized carbons (Fsp3) is 0.333. The minimum absolute atomic E-state index is 0.0297. The number of aryl methyl sites for hydroxylation is 2. The number of unbranched alkanes of at least 4 members (excludes halogenated alkanes) is 2. The fourth-order valence-corrected chi connectivity index (χ4v) is 7.82. The minimum Gasteiger partial charge on any atom is -0.481 e. The molecule has 0 saturated carbocycles. The second-order valence-corrected chi connectivity index (χ2v) is 17.0. The number of allylic oxidation sites excluding steroid dienone is 2. The Kier molecular flexibility index (Phi) is 18.3. The first-order valence-electron chi connectivity index (χ1n) is 22.4. The van der Waals surface area contributed by atoms with Crippen LogP contribution in [0.15, 0.2) is 83.9 Å². The van der Waals surface area contributed by atoms with Crippen LogP contribution < -0.4 is 16.0 Å². The SMILES string of the molecule is CNC(=O)CCCCC(=O)Nc1ccc2c(c1)CC/C(=C\c1cc(C(F)(F)F)cc(C(F)(F)F)c1)C2=O.O=C(O)CCCCC(=O)Nc1ccc2c(c1)CC/C(=C\c1cc(C(F)(F)F)cc(C(F)(F)F)c1)C2=O. The molecule has 6 rings (SSSR count). The van der Waals surface area contributed by atoms with Gasteiger partial charge in [-0.05, 0) is 159 Å². The molecule has 0 bridgehead atoms. The van der Waals surface area contributed by atoms with E-state index in [1.165, 1.54) is 31.3 Å². The van der Waals surface area contributed by atoms with Crippen LogP contribution in [-0.2, 0) is 56.7 Å². The lowest BCUT2D eigenvalue weighted by Crippen LogP contribution is -2.18. The van der Waals surface area contributed by atoms with E-state index in [1.54, 1.807) is 12.1 Å². The number of carbonyl (C=O) groups excluding carboxylic acids is 5. The maximum atomic E-state index is 13.1. The Bertz CT molecular complexity index is 2760. The molecule has 0 atom stereocenters. The summed E-state index contributed by atoms with van der Waals surface area (Å²) in [4.78, 5) is 71.8. The maximum Gasteiger partial charge on any atom is 0.416 e. The standard InChI is InChI=1S/C26H24F6N2O3.C25H21F6NO4/c1-33-22(35)4-2-3-5-23(36)34-20-8-9-21-16(13-20)6-7-17(24(21)37)10-15-11-18(25(27,28)29)14-19(12-15)26(30,31)32;26-24(27,28)17-10-14(11-18(13-17)25(29,30)31)9-16-6-5-15-12-19(7-8-20(15)23(16)36)32-21(33)3-1-2-4-22(34)35/h8-14H,2-7H2,1H3,(H,33,35)(H,34,36);7-13H,1-6H2,(H,32,33)(H,34,35)/b17-10+;16-9+. The van der Waals surface area contributed by atoms with Gasteiger partial charge in [-0.2, -0.15) is 52.7 Å². The average Bonchev–Trinajstić information content (AvgIpc) is 3.30. The lowest BCUT2D eigenvalue weighted by atomic mass is 9.85. The van der Waals surface area contributed by atoms with E-state index >= 15 is 0 Å². The zero-order chi connectivity index (χ0) is 54.1. The zero-order valence-electron chi connectivity index (χ0n) is 38.5. The van der Waals surface area contributed by atoms with Gasteiger partial charge in [0.25, 0.3) is 0 Å². The highest BCUT2D eigenvalue weighted by Gasteiger charge is 2.38. The highest BCUT2D eigenvalue weighted by molar-refractivity contribution is 6.14. The first kappa shape index (κ1) is 56.7. The first-order chi connectivity index (χ1) is 34.0. The van der Waals surface area contributed by atoms with Gasteiger partial charge in [0.05, 0.1) is 22.3 Å². The van der Waals surface area contributed by atoms with Gasteiger partial charge in [0, 0.05) is 66.4 Å². The molecule has 73 heavy (non-hydrogen) atoms. The number of rotatable bonds is 14. The number of nitrogens with one attached hydrogen (secondary N) is 3. The van der Waals surface area contributed by atoms with Crippen LogP contribution >= 0.6 is 0 Å². The van der Waals surface area contributed by atoms with Crippen LogP contribution in [0.3, 0.4) is 0 Å². The molecule has 4 aromatic rings. The van der Waals surface area contributed by atoms with E-state index in [1.807, 2.05) is 0 Å². The molecule has 0 radical (unpaired) electrons. The van der Waals surface area contributed by atoms with Crippen molar-refractivity contribution in [3.63, 3.8) is 0 Å². The van der Waals surface area contributed by atoms with Gasteiger partial charge in [0.1, 0.15) is 0 Å². The van der Waals surface area contributed by atoms with Crippen molar-refractivity contribution in [3.05, 3.63) is 140 Å². The van der Waals surface area contributed by atoms with E-state index in [9.17, 15) is 81.5 Å². The Balaban J connectivity index is 0.000000271. The predicted molar refractivity (Wildman–Crippen MR) is 243 cm³/mol. The van der Waals surface area contributed by atoms with Crippen LogP contribution in [0.4, 0.5) is 64.1 Å². The van der Waals surface area contributed by atoms with Crippen molar-refractivity contribution in [2.24, 2.45) is 0 Å². The molecular formula is C51H45F12N3O7. The quantitative estimate of drug-likeness (QED) is 0.0556. The number of halogens is 12. The second-order valence-electron chi connectivity index (χ2n) is 17.0. The van der Waals surface area contributed by atoms with Gasteiger partial charge in [0.15, 0.2) is 11.6 Å². The predicted octanol–water partition coefficient (Wildman–Crippen LogP) is 12.7. The third-order valence-electron chi connectivity index (χ3n) is 11.5. The smallest absolute Gasteiger partial charge is 0.416 e. The lowest BCUT2D eigenvalue weighted by molar-refractivity contribution is -0.144. The molecule has 0 spiro atoms. The molecule has 0 heterocycles. The molecule has 0 aromatic heterocycles. The van der Waals surface area contributed by atoms with Gasteiger partial charge in [-0.1, -0.05) is 0 Å². The van der Waals surface area contributed by atoms with E-state index < -0.39 is 64.5 Å². The molecule has 0 saturated heterocycles. The van der Waals surface area contributed by atoms with Crippen LogP contribution in [-0.4, -0.2) is 47.4 Å². The Morgan fingerprint density at radius 2 is 0.808 bits per heavy atom. The monoisotopic (exact) mass is 1040 g/mol. The number of carboxylic acid groups (broad SMARTS) is 1. The molecule has 3 amide bonds. The summed E-state index contributed by atoms with van der Waals surface area (Å²) in [6.45, 7) is 0. The summed E-state index contributed by atoms with van der Waals surface area (Å²) in [6.07, 6.45) is -14.6. The molecule has 10 nitrogen and oxygen atoms in total. The number of alkyl halides is 12. The number of carboxylic acids is 1. The van der Waals surface area contributed by atoms with Crippen LogP contribution in [0.25, 0.3) is 12.2 Å². The number of Topliss-reactive ketones (excluding diaryl/α,β-unsaturated/α-hetero) is 2. The van der Waals surface area contributed by atoms with Crippen molar-refractivity contribution in [1.29, 1.82) is 0 Å². The third-order valence-corrected chi connectivity index (χ3v) is 11.5. The van der Waals surface area contributed by atoms with Gasteiger partial charge in [-0.3, -0.25) is 28.8 Å². The minimum atomic E-state index is -4.99. The average molecular weight is 1040 g/mol. The summed E-state index contributed by atoms with van der Waals surface area (Å²) < 4.78 is 158. The van der Waals surface area contributed by atoms with Crippen molar-refractivity contribution in [1.82, 2.24) is 5.32 Å². The van der Waals surface area contributed by atoms with E-state index in [0.717, 1.165) is 12.2 Å². The molecular weight excluding hydrogens is 995 g/mol. The maximum absolute atomic E-state index is 13.1. The van der Waals surface area contributed by atoms with E-state index in [0.29, 0.717) is 91.7 Å². The van der Waals surface area contributed by atoms with Crippen LogP contribution in [0.5, 0.6) is 0 Å². The largest absolute Gasteiger partial charge is 0.481 e. The van der Waals surface area contributed by atoms with Crippen LogP contribution in [0.2, 0.25) is 0 Å². The molecule has 2 aliphatic carbocycles. The third kappa shape index (κ3) is 16.4. The van der Waals surface area contributed by atoms with Gasteiger partial charge < -0.3 is 21.1 Å². The van der Waals surface area contributed by atoms with E-state index in [4.69, 9.17) is 5.11 Å². The van der Waals surface area contributed by atoms with Crippen LogP contribution in [0, 0.1) is 0 Å². The second kappa shape index (κ2) is 23.5. The molecule has 0 aliphatic heterocycles. The highest BCUT2D eigenvalue weighted by atomic mass is 19.4. The summed E-state index contributed by atoms with van der Waals surface area (Å²) in [5, 5.41) is 16.5. The number of hydrogen-bond donors (Lipinski definition) is 4. The summed E-state index contributed by atoms with van der Waals surface area (Å²) in [7, 11) is 1.53. The van der Waals surface area contributed by atoms with Crippen molar-refractivity contribution in [2.45, 2.75) is 102 Å². The Morgan fingerprint density at radius 1 is 0.479 bits per heavy atom. The van der Waals surface area contributed by atoms with Gasteiger partial charge in [-0.25, -0.2) is 0 Å². The van der Waals surface area contributed by atoms with E-state index in [2.05, 4.69) is 16.0 Å². The summed E-state index contributed by atoms with van der Waals surface area (Å²) >= 11 is 0. The van der Waals surface area contributed by atoms with Crippen LogP contribution in [0.1, 0.15) is 129 Å². The molecule has 4 N–H and O–H groups in total. The number of ketones is 2. The fourth-order valence-electron chi connectivity index (χ4n) is 7.82. The first-order valence-corrected chi connectivity index (χ1v) is 22.4. The van der Waals surface area contributed by atoms with Crippen molar-refractivity contribution in [3.8, 4) is 0 Å². The Morgan fingerprint density at radius 3 is 1.12 bits per heavy atom.